The fourth-order valence-electron chi connectivity index (χ4n) is 2.22. The van der Waals surface area contributed by atoms with Gasteiger partial charge in [-0.05, 0) is 12.8 Å². The van der Waals surface area contributed by atoms with E-state index in [0.717, 1.165) is 12.8 Å². The molecule has 0 saturated carbocycles. The van der Waals surface area contributed by atoms with E-state index in [1.165, 1.54) is 9.80 Å². The third kappa shape index (κ3) is 3.53. The molecule has 3 amide bonds. The predicted molar refractivity (Wildman–Crippen MR) is 71.3 cm³/mol. The first-order valence-corrected chi connectivity index (χ1v) is 6.71. The maximum Gasteiger partial charge on any atom is 0.247 e. The second-order valence-corrected chi connectivity index (χ2v) is 5.00. The van der Waals surface area contributed by atoms with Crippen molar-refractivity contribution in [3.8, 4) is 0 Å². The maximum atomic E-state index is 12.2. The Morgan fingerprint density at radius 3 is 2.42 bits per heavy atom. The van der Waals surface area contributed by atoms with Crippen LogP contribution in [-0.2, 0) is 14.4 Å². The van der Waals surface area contributed by atoms with Gasteiger partial charge in [0.25, 0.3) is 0 Å². The smallest absolute Gasteiger partial charge is 0.247 e. The van der Waals surface area contributed by atoms with Gasteiger partial charge in [-0.25, -0.2) is 0 Å². The zero-order valence-electron chi connectivity index (χ0n) is 12.1. The number of nitrogens with zero attached hydrogens (tertiary/aromatic N) is 2. The van der Waals surface area contributed by atoms with Crippen LogP contribution in [-0.4, -0.2) is 60.2 Å². The summed E-state index contributed by atoms with van der Waals surface area (Å²) >= 11 is 0. The zero-order chi connectivity index (χ0) is 14.6. The van der Waals surface area contributed by atoms with Crippen molar-refractivity contribution in [3.05, 3.63) is 0 Å². The number of hydrogen-bond acceptors (Lipinski definition) is 4. The summed E-state index contributed by atoms with van der Waals surface area (Å²) in [6.45, 7) is 4.00. The van der Waals surface area contributed by atoms with Crippen LogP contribution in [0.2, 0.25) is 0 Å². The van der Waals surface area contributed by atoms with Gasteiger partial charge in [-0.15, -0.1) is 0 Å². The molecule has 1 aliphatic heterocycles. The number of likely N-dealkylation sites (tertiary alicyclic amines) is 1. The molecule has 6 heteroatoms. The minimum atomic E-state index is -0.558. The minimum Gasteiger partial charge on any atom is -0.348 e. The molecule has 1 saturated heterocycles. The highest BCUT2D eigenvalue weighted by molar-refractivity contribution is 6.06. The molecule has 1 rings (SSSR count). The van der Waals surface area contributed by atoms with Crippen LogP contribution < -0.4 is 5.32 Å². The van der Waals surface area contributed by atoms with E-state index >= 15 is 0 Å². The molecule has 0 aromatic rings. The lowest BCUT2D eigenvalue weighted by Crippen LogP contribution is -2.45. The quantitative estimate of drug-likeness (QED) is 0.688. The molecule has 1 aliphatic rings. The highest BCUT2D eigenvalue weighted by Crippen LogP contribution is 2.19. The third-order valence-electron chi connectivity index (χ3n) is 3.49. The summed E-state index contributed by atoms with van der Waals surface area (Å²) < 4.78 is 0. The lowest BCUT2D eigenvalue weighted by Gasteiger charge is -2.24. The molecule has 1 heterocycles. The molecule has 1 N–H and O–H groups in total. The van der Waals surface area contributed by atoms with Crippen molar-refractivity contribution < 1.29 is 14.4 Å². The molecule has 0 bridgehead atoms. The molecule has 1 fully saturated rings. The van der Waals surface area contributed by atoms with E-state index in [4.69, 9.17) is 0 Å². The number of rotatable bonds is 6. The van der Waals surface area contributed by atoms with E-state index in [2.05, 4.69) is 5.32 Å². The Balaban J connectivity index is 2.63. The summed E-state index contributed by atoms with van der Waals surface area (Å²) in [5.74, 6) is -0.458. The lowest BCUT2D eigenvalue weighted by atomic mass is 10.1. The highest BCUT2D eigenvalue weighted by atomic mass is 16.2. The average Bonchev–Trinajstić information content (AvgIpc) is 2.65. The molecule has 0 aliphatic carbocycles. The van der Waals surface area contributed by atoms with Gasteiger partial charge >= 0.3 is 0 Å². The standard InChI is InChI=1S/C13H23N3O3/c1-5-9(6-2)16-11(17)7-10(13(16)19)14-8-12(18)15(3)4/h9-10,14H,5-8H2,1-4H3. The molecular weight excluding hydrogens is 246 g/mol. The molecule has 0 aromatic carbocycles. The van der Waals surface area contributed by atoms with Crippen LogP contribution in [0, 0.1) is 0 Å². The summed E-state index contributed by atoms with van der Waals surface area (Å²) in [5.41, 5.74) is 0. The number of nitrogens with one attached hydrogen (secondary N) is 1. The van der Waals surface area contributed by atoms with E-state index in [9.17, 15) is 14.4 Å². The molecule has 1 unspecified atom stereocenters. The molecule has 6 nitrogen and oxygen atoms in total. The van der Waals surface area contributed by atoms with Crippen molar-refractivity contribution in [1.82, 2.24) is 15.1 Å². The van der Waals surface area contributed by atoms with Crippen LogP contribution in [0.25, 0.3) is 0 Å². The third-order valence-corrected chi connectivity index (χ3v) is 3.49. The number of carbonyl (C=O) groups excluding carboxylic acids is 3. The fourth-order valence-corrected chi connectivity index (χ4v) is 2.22. The fraction of sp³-hybridized carbons (Fsp3) is 0.769. The maximum absolute atomic E-state index is 12.2. The van der Waals surface area contributed by atoms with E-state index in [1.807, 2.05) is 13.8 Å². The number of likely N-dealkylation sites (N-methyl/N-ethyl adjacent to an activating group) is 1. The molecule has 108 valence electrons. The molecule has 0 radical (unpaired) electrons. The predicted octanol–water partition coefficient (Wildman–Crippen LogP) is -0.0197. The van der Waals surface area contributed by atoms with Gasteiger partial charge in [-0.1, -0.05) is 13.8 Å². The van der Waals surface area contributed by atoms with Crippen LogP contribution in [0.1, 0.15) is 33.1 Å². The monoisotopic (exact) mass is 269 g/mol. The van der Waals surface area contributed by atoms with Gasteiger partial charge in [0.2, 0.25) is 17.7 Å². The first-order chi connectivity index (χ1) is 8.92. The van der Waals surface area contributed by atoms with Crippen LogP contribution >= 0.6 is 0 Å². The Morgan fingerprint density at radius 1 is 1.37 bits per heavy atom. The SMILES string of the molecule is CCC(CC)N1C(=O)CC(NCC(=O)N(C)C)C1=O. The van der Waals surface area contributed by atoms with E-state index in [0.29, 0.717) is 0 Å². The molecule has 19 heavy (non-hydrogen) atoms. The van der Waals surface area contributed by atoms with E-state index in [-0.39, 0.29) is 36.7 Å². The van der Waals surface area contributed by atoms with Crippen LogP contribution in [0.5, 0.6) is 0 Å². The van der Waals surface area contributed by atoms with Crippen molar-refractivity contribution in [3.63, 3.8) is 0 Å². The summed E-state index contributed by atoms with van der Waals surface area (Å²) in [6, 6.07) is -0.589. The van der Waals surface area contributed by atoms with Gasteiger partial charge < -0.3 is 4.90 Å². The van der Waals surface area contributed by atoms with Crippen LogP contribution in [0.4, 0.5) is 0 Å². The zero-order valence-corrected chi connectivity index (χ0v) is 12.1. The first-order valence-electron chi connectivity index (χ1n) is 6.71. The summed E-state index contributed by atoms with van der Waals surface area (Å²) in [7, 11) is 3.31. The Hall–Kier alpha value is -1.43. The Kier molecular flexibility index (Phi) is 5.47. The second kappa shape index (κ2) is 6.65. The number of carbonyl (C=O) groups is 3. The van der Waals surface area contributed by atoms with Gasteiger partial charge in [0.05, 0.1) is 19.0 Å². The van der Waals surface area contributed by atoms with Crippen LogP contribution in [0.15, 0.2) is 0 Å². The molecular formula is C13H23N3O3. The lowest BCUT2D eigenvalue weighted by molar-refractivity contribution is -0.141. The minimum absolute atomic E-state index is 0.0312. The Morgan fingerprint density at radius 2 is 1.95 bits per heavy atom. The Bertz CT molecular complexity index is 364. The van der Waals surface area contributed by atoms with Gasteiger partial charge in [0.15, 0.2) is 0 Å². The van der Waals surface area contributed by atoms with Crippen molar-refractivity contribution >= 4 is 17.7 Å². The van der Waals surface area contributed by atoms with Gasteiger partial charge in [-0.2, -0.15) is 0 Å². The normalized spacial score (nSPS) is 19.4. The number of amides is 3. The van der Waals surface area contributed by atoms with Gasteiger partial charge in [-0.3, -0.25) is 24.6 Å². The van der Waals surface area contributed by atoms with E-state index in [1.54, 1.807) is 14.1 Å². The topological polar surface area (TPSA) is 69.7 Å². The first kappa shape index (κ1) is 15.6. The van der Waals surface area contributed by atoms with Crippen LogP contribution in [0.3, 0.4) is 0 Å². The van der Waals surface area contributed by atoms with Crippen molar-refractivity contribution in [2.45, 2.75) is 45.2 Å². The summed E-state index contributed by atoms with van der Waals surface area (Å²) in [5, 5.41) is 2.87. The van der Waals surface area contributed by atoms with Crippen molar-refractivity contribution in [1.29, 1.82) is 0 Å². The van der Waals surface area contributed by atoms with Crippen molar-refractivity contribution in [2.24, 2.45) is 0 Å². The number of imide groups is 1. The molecule has 0 spiro atoms. The summed E-state index contributed by atoms with van der Waals surface area (Å²) in [4.78, 5) is 38.4. The number of hydrogen-bond donors (Lipinski definition) is 1. The largest absolute Gasteiger partial charge is 0.348 e. The van der Waals surface area contributed by atoms with E-state index < -0.39 is 6.04 Å². The molecule has 1 atom stereocenters. The summed E-state index contributed by atoms with van der Waals surface area (Å²) in [6.07, 6.45) is 1.67. The highest BCUT2D eigenvalue weighted by Gasteiger charge is 2.41. The molecule has 0 aromatic heterocycles. The second-order valence-electron chi connectivity index (χ2n) is 5.00. The van der Waals surface area contributed by atoms with Crippen molar-refractivity contribution in [2.75, 3.05) is 20.6 Å². The van der Waals surface area contributed by atoms with Gasteiger partial charge in [0.1, 0.15) is 0 Å². The Labute approximate surface area is 114 Å². The average molecular weight is 269 g/mol. The van der Waals surface area contributed by atoms with Gasteiger partial charge in [0, 0.05) is 20.1 Å².